The first kappa shape index (κ1) is 20.1. The van der Waals surface area contributed by atoms with Crippen LogP contribution in [0.4, 0.5) is 11.4 Å². The van der Waals surface area contributed by atoms with Gasteiger partial charge >= 0.3 is 5.63 Å². The summed E-state index contributed by atoms with van der Waals surface area (Å²) in [4.78, 5) is 27.7. The summed E-state index contributed by atoms with van der Waals surface area (Å²) in [5, 5.41) is 3.92. The number of nitrogens with zero attached hydrogens (tertiary/aromatic N) is 1. The highest BCUT2D eigenvalue weighted by Crippen LogP contribution is 2.29. The Labute approximate surface area is 186 Å². The molecule has 1 N–H and O–H groups in total. The lowest BCUT2D eigenvalue weighted by molar-refractivity contribution is 0.102. The zero-order valence-corrected chi connectivity index (χ0v) is 17.7. The highest BCUT2D eigenvalue weighted by atomic mass is 16.4. The number of piperidine rings is 1. The molecule has 5 nitrogen and oxygen atoms in total. The second-order valence-electron chi connectivity index (χ2n) is 8.08. The van der Waals surface area contributed by atoms with Crippen LogP contribution in [0.2, 0.25) is 0 Å². The molecule has 1 aromatic heterocycles. The van der Waals surface area contributed by atoms with Crippen molar-refractivity contribution in [3.05, 3.63) is 94.8 Å². The van der Waals surface area contributed by atoms with Gasteiger partial charge in [0.15, 0.2) is 0 Å². The molecule has 0 atom stereocenters. The Kier molecular flexibility index (Phi) is 5.46. The molecule has 32 heavy (non-hydrogen) atoms. The normalized spacial score (nSPS) is 13.8. The van der Waals surface area contributed by atoms with Gasteiger partial charge in [-0.15, -0.1) is 0 Å². The van der Waals surface area contributed by atoms with Gasteiger partial charge in [0.05, 0.1) is 16.9 Å². The van der Waals surface area contributed by atoms with E-state index in [9.17, 15) is 9.59 Å². The Bertz CT molecular complexity index is 1320. The molecule has 4 aromatic rings. The zero-order chi connectivity index (χ0) is 21.9. The van der Waals surface area contributed by atoms with E-state index in [1.54, 1.807) is 30.3 Å². The van der Waals surface area contributed by atoms with Crippen molar-refractivity contribution < 1.29 is 9.21 Å². The summed E-state index contributed by atoms with van der Waals surface area (Å²) in [6, 6.07) is 24.2. The third kappa shape index (κ3) is 4.02. The van der Waals surface area contributed by atoms with Crippen LogP contribution in [-0.4, -0.2) is 19.0 Å². The number of hydrogen-bond acceptors (Lipinski definition) is 4. The summed E-state index contributed by atoms with van der Waals surface area (Å²) >= 11 is 0. The molecule has 3 aromatic carbocycles. The van der Waals surface area contributed by atoms with E-state index in [1.807, 2.05) is 42.5 Å². The molecule has 0 aliphatic carbocycles. The number of carbonyl (C=O) groups is 1. The third-order valence-electron chi connectivity index (χ3n) is 5.95. The fraction of sp³-hybridized carbons (Fsp3) is 0.185. The molecule has 0 saturated carbocycles. The van der Waals surface area contributed by atoms with E-state index >= 15 is 0 Å². The van der Waals surface area contributed by atoms with Crippen molar-refractivity contribution in [2.75, 3.05) is 23.3 Å². The zero-order valence-electron chi connectivity index (χ0n) is 17.7. The number of fused-ring (bicyclic) bond motifs is 1. The summed E-state index contributed by atoms with van der Waals surface area (Å²) in [6.07, 6.45) is 3.60. The number of rotatable bonds is 4. The monoisotopic (exact) mass is 424 g/mol. The van der Waals surface area contributed by atoms with Gasteiger partial charge in [-0.2, -0.15) is 0 Å². The van der Waals surface area contributed by atoms with Gasteiger partial charge in [-0.1, -0.05) is 42.5 Å². The van der Waals surface area contributed by atoms with E-state index in [-0.39, 0.29) is 5.91 Å². The largest absolute Gasteiger partial charge is 0.422 e. The molecule has 1 aliphatic heterocycles. The van der Waals surface area contributed by atoms with Crippen molar-refractivity contribution >= 4 is 28.3 Å². The topological polar surface area (TPSA) is 62.6 Å². The molecule has 5 rings (SSSR count). The van der Waals surface area contributed by atoms with E-state index in [4.69, 9.17) is 4.42 Å². The molecular weight excluding hydrogens is 400 g/mol. The van der Waals surface area contributed by atoms with Crippen molar-refractivity contribution in [1.82, 2.24) is 0 Å². The Morgan fingerprint density at radius 1 is 0.844 bits per heavy atom. The van der Waals surface area contributed by atoms with Gasteiger partial charge in [-0.3, -0.25) is 4.79 Å². The highest BCUT2D eigenvalue weighted by Gasteiger charge is 2.16. The van der Waals surface area contributed by atoms with Crippen LogP contribution >= 0.6 is 0 Å². The number of para-hydroxylation sites is 3. The summed E-state index contributed by atoms with van der Waals surface area (Å²) in [6.45, 7) is 2.02. The van der Waals surface area contributed by atoms with Gasteiger partial charge < -0.3 is 14.6 Å². The summed E-state index contributed by atoms with van der Waals surface area (Å²) in [5.74, 6) is -0.174. The van der Waals surface area contributed by atoms with E-state index in [1.165, 1.54) is 19.3 Å². The Balaban J connectivity index is 1.38. The maximum absolute atomic E-state index is 12.9. The quantitative estimate of drug-likeness (QED) is 0.427. The molecular formula is C27H24N2O3. The van der Waals surface area contributed by atoms with Crippen molar-refractivity contribution in [3.8, 4) is 11.1 Å². The fourth-order valence-corrected chi connectivity index (χ4v) is 4.25. The molecule has 5 heteroatoms. The first-order chi connectivity index (χ1) is 15.7. The van der Waals surface area contributed by atoms with Gasteiger partial charge in [0.25, 0.3) is 5.91 Å². The maximum Gasteiger partial charge on any atom is 0.344 e. The second kappa shape index (κ2) is 8.71. The molecule has 1 aliphatic rings. The average molecular weight is 425 g/mol. The van der Waals surface area contributed by atoms with Gasteiger partial charge in [0, 0.05) is 24.0 Å². The molecule has 1 fully saturated rings. The van der Waals surface area contributed by atoms with Crippen LogP contribution in [0.25, 0.3) is 22.1 Å². The molecule has 2 heterocycles. The molecule has 0 bridgehead atoms. The van der Waals surface area contributed by atoms with Crippen molar-refractivity contribution in [2.24, 2.45) is 0 Å². The van der Waals surface area contributed by atoms with Gasteiger partial charge in [0.2, 0.25) is 0 Å². The molecule has 0 radical (unpaired) electrons. The maximum atomic E-state index is 12.9. The standard InChI is InChI=1S/C27H24N2O3/c30-26(28-23-9-3-4-10-24(23)29-16-6-1-7-17-29)20-14-12-19(13-15-20)22-18-21-8-2-5-11-25(21)32-27(22)31/h2-5,8-15,18H,1,6-7,16-17H2,(H,28,30). The summed E-state index contributed by atoms with van der Waals surface area (Å²) in [5.41, 5.74) is 3.78. The van der Waals surface area contributed by atoms with E-state index < -0.39 is 5.63 Å². The van der Waals surface area contributed by atoms with E-state index in [0.717, 1.165) is 35.4 Å². The number of benzene rings is 3. The van der Waals surface area contributed by atoms with Crippen LogP contribution in [0.15, 0.2) is 88.1 Å². The minimum absolute atomic E-state index is 0.174. The van der Waals surface area contributed by atoms with Crippen LogP contribution in [0.3, 0.4) is 0 Å². The number of anilines is 2. The highest BCUT2D eigenvalue weighted by molar-refractivity contribution is 6.06. The van der Waals surface area contributed by atoms with Crippen molar-refractivity contribution in [2.45, 2.75) is 19.3 Å². The first-order valence-corrected chi connectivity index (χ1v) is 11.0. The molecule has 160 valence electrons. The predicted octanol–water partition coefficient (Wildman–Crippen LogP) is 5.70. The van der Waals surface area contributed by atoms with Gasteiger partial charge in [-0.25, -0.2) is 4.79 Å². The van der Waals surface area contributed by atoms with E-state index in [2.05, 4.69) is 16.3 Å². The van der Waals surface area contributed by atoms with Gasteiger partial charge in [0.1, 0.15) is 5.58 Å². The van der Waals surface area contributed by atoms with Crippen LogP contribution in [0.5, 0.6) is 0 Å². The lowest BCUT2D eigenvalue weighted by atomic mass is 10.0. The minimum Gasteiger partial charge on any atom is -0.422 e. The number of carbonyl (C=O) groups excluding carboxylic acids is 1. The van der Waals surface area contributed by atoms with Crippen LogP contribution < -0.4 is 15.8 Å². The third-order valence-corrected chi connectivity index (χ3v) is 5.95. The second-order valence-corrected chi connectivity index (χ2v) is 8.08. The Hall–Kier alpha value is -3.86. The van der Waals surface area contributed by atoms with Crippen molar-refractivity contribution in [3.63, 3.8) is 0 Å². The fourth-order valence-electron chi connectivity index (χ4n) is 4.25. The van der Waals surface area contributed by atoms with Crippen molar-refractivity contribution in [1.29, 1.82) is 0 Å². The molecule has 0 unspecified atom stereocenters. The summed E-state index contributed by atoms with van der Waals surface area (Å²) < 4.78 is 5.44. The summed E-state index contributed by atoms with van der Waals surface area (Å²) in [7, 11) is 0. The Morgan fingerprint density at radius 3 is 2.38 bits per heavy atom. The number of nitrogens with one attached hydrogen (secondary N) is 1. The molecule has 0 spiro atoms. The smallest absolute Gasteiger partial charge is 0.344 e. The molecule has 1 saturated heterocycles. The first-order valence-electron chi connectivity index (χ1n) is 11.0. The molecule has 1 amide bonds. The lowest BCUT2D eigenvalue weighted by Gasteiger charge is -2.30. The predicted molar refractivity (Wildman–Crippen MR) is 128 cm³/mol. The SMILES string of the molecule is O=C(Nc1ccccc1N1CCCCC1)c1ccc(-c2cc3ccccc3oc2=O)cc1. The average Bonchev–Trinajstić information content (AvgIpc) is 2.84. The number of hydrogen-bond donors (Lipinski definition) is 1. The lowest BCUT2D eigenvalue weighted by Crippen LogP contribution is -2.30. The Morgan fingerprint density at radius 2 is 1.56 bits per heavy atom. The van der Waals surface area contributed by atoms with Crippen LogP contribution in [-0.2, 0) is 0 Å². The van der Waals surface area contributed by atoms with Crippen LogP contribution in [0, 0.1) is 0 Å². The number of amides is 1. The van der Waals surface area contributed by atoms with Gasteiger partial charge in [-0.05, 0) is 61.2 Å². The minimum atomic E-state index is -0.392. The van der Waals surface area contributed by atoms with Crippen LogP contribution in [0.1, 0.15) is 29.6 Å². The van der Waals surface area contributed by atoms with E-state index in [0.29, 0.717) is 16.7 Å².